The molecule has 1 atom stereocenters. The van der Waals surface area contributed by atoms with Gasteiger partial charge in [0, 0.05) is 10.0 Å². The lowest BCUT2D eigenvalue weighted by atomic mass is 9.72. The lowest BCUT2D eigenvalue weighted by molar-refractivity contribution is 0.168. The molecule has 1 aromatic rings. The topological polar surface area (TPSA) is 12.0 Å². The van der Waals surface area contributed by atoms with Crippen molar-refractivity contribution in [1.29, 1.82) is 0 Å². The molecule has 0 radical (unpaired) electrons. The molecule has 1 saturated heterocycles. The van der Waals surface area contributed by atoms with Crippen LogP contribution in [-0.4, -0.2) is 6.54 Å². The van der Waals surface area contributed by atoms with Crippen molar-refractivity contribution < 1.29 is 0 Å². The van der Waals surface area contributed by atoms with Crippen LogP contribution in [0.2, 0.25) is 0 Å². The van der Waals surface area contributed by atoms with Gasteiger partial charge in [0.05, 0.1) is 0 Å². The molecular weight excluding hydrogens is 286 g/mol. The highest BCUT2D eigenvalue weighted by atomic mass is 79.9. The third-order valence-electron chi connectivity index (χ3n) is 3.72. The van der Waals surface area contributed by atoms with Crippen LogP contribution in [0.25, 0.3) is 0 Å². The molecule has 18 heavy (non-hydrogen) atoms. The summed E-state index contributed by atoms with van der Waals surface area (Å²) < 4.78 is 1.24. The predicted octanol–water partition coefficient (Wildman–Crippen LogP) is 4.85. The molecule has 0 spiro atoms. The van der Waals surface area contributed by atoms with Gasteiger partial charge in [0.15, 0.2) is 0 Å². The van der Waals surface area contributed by atoms with Crippen LogP contribution in [0.3, 0.4) is 0 Å². The van der Waals surface area contributed by atoms with Crippen molar-refractivity contribution in [3.63, 3.8) is 0 Å². The zero-order valence-corrected chi connectivity index (χ0v) is 13.3. The van der Waals surface area contributed by atoms with Gasteiger partial charge in [-0.15, -0.1) is 0 Å². The minimum Gasteiger partial charge on any atom is -0.307 e. The molecule has 1 N–H and O–H groups in total. The van der Waals surface area contributed by atoms with Crippen molar-refractivity contribution in [2.75, 3.05) is 6.54 Å². The molecule has 0 aliphatic carbocycles. The molecular formula is C16H24BrN. The van der Waals surface area contributed by atoms with Crippen molar-refractivity contribution >= 4 is 15.9 Å². The van der Waals surface area contributed by atoms with Crippen molar-refractivity contribution in [3.05, 3.63) is 34.3 Å². The average Bonchev–Trinajstić information content (AvgIpc) is 2.28. The first-order valence-electron chi connectivity index (χ1n) is 6.93. The fraction of sp³-hybridized carbons (Fsp3) is 0.625. The molecule has 1 heterocycles. The highest BCUT2D eigenvalue weighted by Crippen LogP contribution is 2.42. The zero-order chi connectivity index (χ0) is 13.2. The molecule has 0 amide bonds. The predicted molar refractivity (Wildman–Crippen MR) is 81.7 cm³/mol. The summed E-state index contributed by atoms with van der Waals surface area (Å²) in [4.78, 5) is 0. The molecule has 1 fully saturated rings. The van der Waals surface area contributed by atoms with E-state index in [1.807, 2.05) is 0 Å². The number of hydrogen-bond acceptors (Lipinski definition) is 1. The molecule has 0 saturated carbocycles. The van der Waals surface area contributed by atoms with Crippen LogP contribution < -0.4 is 5.32 Å². The lowest BCUT2D eigenvalue weighted by Gasteiger charge is -2.43. The highest BCUT2D eigenvalue weighted by Gasteiger charge is 2.38. The molecule has 1 aliphatic rings. The van der Waals surface area contributed by atoms with Gasteiger partial charge < -0.3 is 5.32 Å². The van der Waals surface area contributed by atoms with E-state index >= 15 is 0 Å². The van der Waals surface area contributed by atoms with Crippen molar-refractivity contribution in [2.24, 2.45) is 5.41 Å². The van der Waals surface area contributed by atoms with Crippen LogP contribution in [0.4, 0.5) is 0 Å². The summed E-state index contributed by atoms with van der Waals surface area (Å²) in [5.41, 5.74) is 1.91. The average molecular weight is 310 g/mol. The van der Waals surface area contributed by atoms with E-state index in [0.717, 1.165) is 6.54 Å². The molecule has 0 aromatic heterocycles. The SMILES string of the molecule is CC(C)(C)CC1(c2ccccc2Br)CCCCN1. The zero-order valence-electron chi connectivity index (χ0n) is 11.7. The highest BCUT2D eigenvalue weighted by molar-refractivity contribution is 9.10. The number of hydrogen-bond donors (Lipinski definition) is 1. The van der Waals surface area contributed by atoms with Gasteiger partial charge in [0.2, 0.25) is 0 Å². The van der Waals surface area contributed by atoms with E-state index in [1.165, 1.54) is 35.7 Å². The van der Waals surface area contributed by atoms with Gasteiger partial charge in [-0.3, -0.25) is 0 Å². The number of halogens is 1. The van der Waals surface area contributed by atoms with Gasteiger partial charge >= 0.3 is 0 Å². The maximum Gasteiger partial charge on any atom is 0.0450 e. The van der Waals surface area contributed by atoms with E-state index < -0.39 is 0 Å². The normalized spacial score (nSPS) is 25.1. The summed E-state index contributed by atoms with van der Waals surface area (Å²) in [5.74, 6) is 0. The fourth-order valence-electron chi connectivity index (χ4n) is 3.20. The molecule has 1 nitrogen and oxygen atoms in total. The van der Waals surface area contributed by atoms with Gasteiger partial charge in [-0.1, -0.05) is 61.3 Å². The molecule has 100 valence electrons. The van der Waals surface area contributed by atoms with Crippen LogP contribution in [0.15, 0.2) is 28.7 Å². The van der Waals surface area contributed by atoms with Gasteiger partial charge in [0.25, 0.3) is 0 Å². The maximum absolute atomic E-state index is 3.82. The van der Waals surface area contributed by atoms with Gasteiger partial charge in [-0.25, -0.2) is 0 Å². The number of benzene rings is 1. The summed E-state index contributed by atoms with van der Waals surface area (Å²) in [5, 5.41) is 3.82. The minimum absolute atomic E-state index is 0.149. The van der Waals surface area contributed by atoms with E-state index in [4.69, 9.17) is 0 Å². The minimum atomic E-state index is 0.149. The van der Waals surface area contributed by atoms with Crippen LogP contribution in [0.5, 0.6) is 0 Å². The Morgan fingerprint density at radius 3 is 2.50 bits per heavy atom. The molecule has 1 aliphatic heterocycles. The largest absolute Gasteiger partial charge is 0.307 e. The lowest BCUT2D eigenvalue weighted by Crippen LogP contribution is -2.48. The van der Waals surface area contributed by atoms with Crippen LogP contribution in [0, 0.1) is 5.41 Å². The second-order valence-corrected chi connectivity index (χ2v) is 7.54. The Morgan fingerprint density at radius 2 is 1.94 bits per heavy atom. The molecule has 0 bridgehead atoms. The van der Waals surface area contributed by atoms with E-state index in [9.17, 15) is 0 Å². The summed E-state index contributed by atoms with van der Waals surface area (Å²) in [6, 6.07) is 8.69. The second-order valence-electron chi connectivity index (χ2n) is 6.68. The van der Waals surface area contributed by atoms with Gasteiger partial charge in [0.1, 0.15) is 0 Å². The molecule has 1 aromatic carbocycles. The summed E-state index contributed by atoms with van der Waals surface area (Å²) >= 11 is 3.73. The summed E-state index contributed by atoms with van der Waals surface area (Å²) in [7, 11) is 0. The summed E-state index contributed by atoms with van der Waals surface area (Å²) in [6.07, 6.45) is 5.05. The quantitative estimate of drug-likeness (QED) is 0.823. The Bertz CT molecular complexity index is 400. The Morgan fingerprint density at radius 1 is 1.22 bits per heavy atom. The van der Waals surface area contributed by atoms with Crippen LogP contribution in [0.1, 0.15) is 52.0 Å². The first kappa shape index (κ1) is 14.1. The Labute approximate surface area is 119 Å². The third kappa shape index (κ3) is 3.16. The maximum atomic E-state index is 3.82. The molecule has 1 unspecified atom stereocenters. The number of rotatable bonds is 2. The van der Waals surface area contributed by atoms with Crippen LogP contribution in [-0.2, 0) is 5.54 Å². The fourth-order valence-corrected chi connectivity index (χ4v) is 3.86. The Kier molecular flexibility index (Phi) is 4.18. The van der Waals surface area contributed by atoms with Crippen molar-refractivity contribution in [2.45, 2.75) is 52.0 Å². The Balaban J connectivity index is 2.39. The van der Waals surface area contributed by atoms with E-state index in [0.29, 0.717) is 5.41 Å². The van der Waals surface area contributed by atoms with E-state index in [-0.39, 0.29) is 5.54 Å². The smallest absolute Gasteiger partial charge is 0.0450 e. The second kappa shape index (κ2) is 5.34. The third-order valence-corrected chi connectivity index (χ3v) is 4.41. The monoisotopic (exact) mass is 309 g/mol. The van der Waals surface area contributed by atoms with Gasteiger partial charge in [-0.2, -0.15) is 0 Å². The van der Waals surface area contributed by atoms with E-state index in [2.05, 4.69) is 66.3 Å². The van der Waals surface area contributed by atoms with Crippen LogP contribution >= 0.6 is 15.9 Å². The Hall–Kier alpha value is -0.340. The molecule has 2 heteroatoms. The first-order valence-corrected chi connectivity index (χ1v) is 7.72. The number of piperidine rings is 1. The van der Waals surface area contributed by atoms with Crippen molar-refractivity contribution in [1.82, 2.24) is 5.32 Å². The van der Waals surface area contributed by atoms with E-state index in [1.54, 1.807) is 0 Å². The first-order chi connectivity index (χ1) is 8.43. The number of nitrogens with one attached hydrogen (secondary N) is 1. The van der Waals surface area contributed by atoms with Crippen molar-refractivity contribution in [3.8, 4) is 0 Å². The van der Waals surface area contributed by atoms with Gasteiger partial charge in [-0.05, 0) is 42.9 Å². The summed E-state index contributed by atoms with van der Waals surface area (Å²) in [6.45, 7) is 8.14. The molecule has 2 rings (SSSR count). The standard InChI is InChI=1S/C16H24BrN/c1-15(2,3)12-16(10-6-7-11-18-16)13-8-4-5-9-14(13)17/h4-5,8-9,18H,6-7,10-12H2,1-3H3.